The molecule has 1 aromatic heterocycles. The second kappa shape index (κ2) is 7.60. The summed E-state index contributed by atoms with van der Waals surface area (Å²) < 4.78 is 14.9. The summed E-state index contributed by atoms with van der Waals surface area (Å²) in [5, 5.41) is 0.351. The van der Waals surface area contributed by atoms with Crippen LogP contribution < -0.4 is 5.56 Å². The molecule has 26 heavy (non-hydrogen) atoms. The Labute approximate surface area is 159 Å². The summed E-state index contributed by atoms with van der Waals surface area (Å²) in [6, 6.07) is 11.0. The Kier molecular flexibility index (Phi) is 5.44. The van der Waals surface area contributed by atoms with E-state index >= 15 is 0 Å². The molecule has 2 aromatic carbocycles. The molecule has 4 nitrogen and oxygen atoms in total. The molecule has 1 unspecified atom stereocenters. The van der Waals surface area contributed by atoms with E-state index in [-0.39, 0.29) is 21.6 Å². The van der Waals surface area contributed by atoms with Gasteiger partial charge in [-0.3, -0.25) is 14.2 Å². The van der Waals surface area contributed by atoms with Crippen LogP contribution >= 0.6 is 23.4 Å². The number of hydrogen-bond acceptors (Lipinski definition) is 4. The highest BCUT2D eigenvalue weighted by molar-refractivity contribution is 8.00. The van der Waals surface area contributed by atoms with Crippen molar-refractivity contribution in [2.24, 2.45) is 0 Å². The maximum Gasteiger partial charge on any atom is 0.266 e. The number of aromatic nitrogens is 2. The van der Waals surface area contributed by atoms with Gasteiger partial charge in [0.25, 0.3) is 5.56 Å². The summed E-state index contributed by atoms with van der Waals surface area (Å²) in [7, 11) is 0. The van der Waals surface area contributed by atoms with Gasteiger partial charge >= 0.3 is 0 Å². The fourth-order valence-corrected chi connectivity index (χ4v) is 3.79. The average Bonchev–Trinajstić information content (AvgIpc) is 2.64. The molecule has 0 amide bonds. The van der Waals surface area contributed by atoms with Gasteiger partial charge in [0.05, 0.1) is 26.9 Å². The number of nitrogens with zero attached hydrogens (tertiary/aromatic N) is 2. The number of carbonyl (C=O) groups is 1. The molecule has 7 heteroatoms. The van der Waals surface area contributed by atoms with Crippen molar-refractivity contribution in [2.75, 3.05) is 0 Å². The molecule has 134 valence electrons. The molecule has 0 bridgehead atoms. The zero-order valence-corrected chi connectivity index (χ0v) is 15.8. The van der Waals surface area contributed by atoms with Gasteiger partial charge in [-0.05, 0) is 37.3 Å². The van der Waals surface area contributed by atoms with Crippen molar-refractivity contribution >= 4 is 40.0 Å². The van der Waals surface area contributed by atoms with Gasteiger partial charge in [0.1, 0.15) is 11.6 Å². The Hall–Kier alpha value is -2.18. The van der Waals surface area contributed by atoms with E-state index < -0.39 is 5.82 Å². The molecule has 0 aliphatic carbocycles. The number of Topliss-reactive ketones (excluding diaryl/α,β-unsaturated/α-hetero) is 1. The van der Waals surface area contributed by atoms with Gasteiger partial charge in [-0.25, -0.2) is 9.37 Å². The van der Waals surface area contributed by atoms with E-state index in [2.05, 4.69) is 4.98 Å². The number of fused-ring (bicyclic) bond motifs is 1. The molecular formula is C19H16ClFN2O2S. The number of hydrogen-bond donors (Lipinski definition) is 0. The Balaban J connectivity index is 2.25. The van der Waals surface area contributed by atoms with Crippen molar-refractivity contribution in [3.05, 3.63) is 63.7 Å². The first-order chi connectivity index (χ1) is 12.4. The highest BCUT2D eigenvalue weighted by atomic mass is 35.5. The Morgan fingerprint density at radius 2 is 2.04 bits per heavy atom. The number of para-hydroxylation sites is 1. The smallest absolute Gasteiger partial charge is 0.266 e. The van der Waals surface area contributed by atoms with Crippen LogP contribution in [0, 0.1) is 5.82 Å². The maximum atomic E-state index is 13.5. The topological polar surface area (TPSA) is 52.0 Å². The van der Waals surface area contributed by atoms with Crippen LogP contribution in [0.4, 0.5) is 4.39 Å². The van der Waals surface area contributed by atoms with Crippen molar-refractivity contribution in [1.29, 1.82) is 0 Å². The van der Waals surface area contributed by atoms with Gasteiger partial charge in [-0.15, -0.1) is 0 Å². The number of rotatable bonds is 5. The van der Waals surface area contributed by atoms with Gasteiger partial charge < -0.3 is 0 Å². The Morgan fingerprint density at radius 3 is 2.73 bits per heavy atom. The highest BCUT2D eigenvalue weighted by Gasteiger charge is 2.19. The van der Waals surface area contributed by atoms with E-state index in [1.54, 1.807) is 38.1 Å². The molecule has 0 fully saturated rings. The second-order valence-electron chi connectivity index (χ2n) is 5.73. The lowest BCUT2D eigenvalue weighted by atomic mass is 10.2. The van der Waals surface area contributed by atoms with Gasteiger partial charge in [0.15, 0.2) is 5.16 Å². The Morgan fingerprint density at radius 1 is 1.31 bits per heavy atom. The fourth-order valence-electron chi connectivity index (χ4n) is 2.55. The van der Waals surface area contributed by atoms with E-state index in [1.165, 1.54) is 34.5 Å². The average molecular weight is 391 g/mol. The van der Waals surface area contributed by atoms with Crippen molar-refractivity contribution < 1.29 is 9.18 Å². The van der Waals surface area contributed by atoms with Crippen LogP contribution in [0.2, 0.25) is 5.02 Å². The van der Waals surface area contributed by atoms with Gasteiger partial charge in [0.2, 0.25) is 0 Å². The standard InChI is InChI=1S/C19H16ClFN2O2S/c1-3-17(24)11(2)26-19-22-16-7-5-4-6-13(16)18(25)23(19)12-8-9-15(21)14(20)10-12/h4-11H,3H2,1-2H3. The normalized spacial score (nSPS) is 12.3. The molecule has 1 atom stereocenters. The highest BCUT2D eigenvalue weighted by Crippen LogP contribution is 2.27. The molecule has 0 spiro atoms. The monoisotopic (exact) mass is 390 g/mol. The summed E-state index contributed by atoms with van der Waals surface area (Å²) in [5.74, 6) is -0.512. The third kappa shape index (κ3) is 3.52. The van der Waals surface area contributed by atoms with Crippen molar-refractivity contribution in [3.63, 3.8) is 0 Å². The van der Waals surface area contributed by atoms with Crippen molar-refractivity contribution in [3.8, 4) is 5.69 Å². The summed E-state index contributed by atoms with van der Waals surface area (Å²) in [6.45, 7) is 3.57. The van der Waals surface area contributed by atoms with Crippen LogP contribution in [0.3, 0.4) is 0 Å². The lowest BCUT2D eigenvalue weighted by Crippen LogP contribution is -2.23. The molecule has 0 N–H and O–H groups in total. The molecule has 0 aliphatic rings. The van der Waals surface area contributed by atoms with Crippen molar-refractivity contribution in [1.82, 2.24) is 9.55 Å². The number of halogens is 2. The van der Waals surface area contributed by atoms with E-state index in [1.807, 2.05) is 0 Å². The van der Waals surface area contributed by atoms with Gasteiger partial charge in [-0.2, -0.15) is 0 Å². The zero-order valence-electron chi connectivity index (χ0n) is 14.2. The van der Waals surface area contributed by atoms with Gasteiger partial charge in [-0.1, -0.05) is 42.4 Å². The minimum Gasteiger partial charge on any atom is -0.298 e. The van der Waals surface area contributed by atoms with Crippen LogP contribution in [0.25, 0.3) is 16.6 Å². The lowest BCUT2D eigenvalue weighted by Gasteiger charge is -2.16. The van der Waals surface area contributed by atoms with Crippen LogP contribution in [0.1, 0.15) is 20.3 Å². The van der Waals surface area contributed by atoms with E-state index in [0.29, 0.717) is 28.2 Å². The quantitative estimate of drug-likeness (QED) is 0.470. The minimum absolute atomic E-state index is 0.0566. The summed E-state index contributed by atoms with van der Waals surface area (Å²) >= 11 is 7.10. The largest absolute Gasteiger partial charge is 0.298 e. The molecule has 3 rings (SSSR count). The molecular weight excluding hydrogens is 375 g/mol. The molecule has 1 heterocycles. The molecule has 0 saturated carbocycles. The Bertz CT molecular complexity index is 1050. The zero-order chi connectivity index (χ0) is 18.8. The summed E-state index contributed by atoms with van der Waals surface area (Å²) in [5.41, 5.74) is 0.649. The predicted octanol–water partition coefficient (Wildman–Crippen LogP) is 4.64. The lowest BCUT2D eigenvalue weighted by molar-refractivity contribution is -0.118. The van der Waals surface area contributed by atoms with E-state index in [4.69, 9.17) is 11.6 Å². The minimum atomic E-state index is -0.569. The first kappa shape index (κ1) is 18.6. The third-order valence-electron chi connectivity index (χ3n) is 3.99. The van der Waals surface area contributed by atoms with Crippen LogP contribution in [-0.2, 0) is 4.79 Å². The SMILES string of the molecule is CCC(=O)C(C)Sc1nc2ccccc2c(=O)n1-c1ccc(F)c(Cl)c1. The first-order valence-electron chi connectivity index (χ1n) is 8.09. The number of carbonyl (C=O) groups excluding carboxylic acids is 1. The molecule has 0 saturated heterocycles. The second-order valence-corrected chi connectivity index (χ2v) is 7.45. The summed E-state index contributed by atoms with van der Waals surface area (Å²) in [6.07, 6.45) is 0.397. The predicted molar refractivity (Wildman–Crippen MR) is 103 cm³/mol. The molecule has 3 aromatic rings. The van der Waals surface area contributed by atoms with E-state index in [9.17, 15) is 14.0 Å². The molecule has 0 radical (unpaired) electrons. The van der Waals surface area contributed by atoms with Crippen molar-refractivity contribution in [2.45, 2.75) is 30.7 Å². The van der Waals surface area contributed by atoms with Gasteiger partial charge in [0, 0.05) is 6.42 Å². The number of benzene rings is 2. The van der Waals surface area contributed by atoms with Crippen LogP contribution in [-0.4, -0.2) is 20.6 Å². The first-order valence-corrected chi connectivity index (χ1v) is 9.34. The third-order valence-corrected chi connectivity index (χ3v) is 5.38. The maximum absolute atomic E-state index is 13.5. The van der Waals surface area contributed by atoms with Crippen LogP contribution in [0.5, 0.6) is 0 Å². The molecule has 0 aliphatic heterocycles. The summed E-state index contributed by atoms with van der Waals surface area (Å²) in [4.78, 5) is 29.6. The fraction of sp³-hybridized carbons (Fsp3) is 0.211. The van der Waals surface area contributed by atoms with E-state index in [0.717, 1.165) is 0 Å². The number of ketones is 1. The van der Waals surface area contributed by atoms with Crippen LogP contribution in [0.15, 0.2) is 52.4 Å². The number of thioether (sulfide) groups is 1.